The van der Waals surface area contributed by atoms with Gasteiger partial charge in [-0.25, -0.2) is 9.97 Å². The van der Waals surface area contributed by atoms with Crippen LogP contribution in [0.25, 0.3) is 11.3 Å². The highest BCUT2D eigenvalue weighted by molar-refractivity contribution is 6.32. The van der Waals surface area contributed by atoms with Crippen LogP contribution in [-0.4, -0.2) is 21.2 Å². The lowest BCUT2D eigenvalue weighted by Crippen LogP contribution is -1.95. The molecule has 0 aliphatic heterocycles. The first-order valence-electron chi connectivity index (χ1n) is 4.19. The summed E-state index contributed by atoms with van der Waals surface area (Å²) in [7, 11) is 0. The number of nitrogens with zero attached hydrogens (tertiary/aromatic N) is 3. The first-order valence-corrected chi connectivity index (χ1v) is 4.57. The molecule has 0 radical (unpaired) electrons. The van der Waals surface area contributed by atoms with Gasteiger partial charge in [-0.3, -0.25) is 9.78 Å². The number of pyridine rings is 1. The van der Waals surface area contributed by atoms with E-state index in [9.17, 15) is 4.79 Å². The van der Waals surface area contributed by atoms with Crippen molar-refractivity contribution in [2.75, 3.05) is 0 Å². The molecule has 0 atom stereocenters. The van der Waals surface area contributed by atoms with Crippen molar-refractivity contribution in [1.29, 1.82) is 0 Å². The molecule has 0 N–H and O–H groups in total. The molecule has 2 rings (SSSR count). The van der Waals surface area contributed by atoms with Crippen molar-refractivity contribution in [2.45, 2.75) is 0 Å². The summed E-state index contributed by atoms with van der Waals surface area (Å²) < 4.78 is 0. The SMILES string of the molecule is O=Cc1c(Cl)ncnc1-c1ccncc1. The van der Waals surface area contributed by atoms with E-state index in [1.165, 1.54) is 6.33 Å². The van der Waals surface area contributed by atoms with Gasteiger partial charge in [0.2, 0.25) is 0 Å². The van der Waals surface area contributed by atoms with Gasteiger partial charge in [-0.05, 0) is 12.1 Å². The molecule has 2 aromatic heterocycles. The Labute approximate surface area is 91.0 Å². The first kappa shape index (κ1) is 9.73. The van der Waals surface area contributed by atoms with Crippen LogP contribution in [0, 0.1) is 0 Å². The summed E-state index contributed by atoms with van der Waals surface area (Å²) in [5, 5.41) is 0.159. The Balaban J connectivity index is 2.63. The van der Waals surface area contributed by atoms with Crippen LogP contribution >= 0.6 is 11.6 Å². The van der Waals surface area contributed by atoms with E-state index in [0.29, 0.717) is 17.5 Å². The Morgan fingerprint density at radius 3 is 2.60 bits per heavy atom. The Morgan fingerprint density at radius 1 is 1.20 bits per heavy atom. The van der Waals surface area contributed by atoms with Crippen molar-refractivity contribution in [3.05, 3.63) is 41.6 Å². The van der Waals surface area contributed by atoms with Crippen molar-refractivity contribution in [3.8, 4) is 11.3 Å². The van der Waals surface area contributed by atoms with E-state index >= 15 is 0 Å². The Kier molecular flexibility index (Phi) is 2.69. The highest BCUT2D eigenvalue weighted by Gasteiger charge is 2.10. The van der Waals surface area contributed by atoms with Gasteiger partial charge in [-0.15, -0.1) is 0 Å². The molecule has 4 nitrogen and oxygen atoms in total. The fraction of sp³-hybridized carbons (Fsp3) is 0. The molecule has 0 saturated heterocycles. The van der Waals surface area contributed by atoms with Gasteiger partial charge in [0.05, 0.1) is 11.3 Å². The van der Waals surface area contributed by atoms with E-state index in [4.69, 9.17) is 11.6 Å². The molecule has 2 aromatic rings. The molecule has 0 spiro atoms. The maximum atomic E-state index is 10.8. The minimum Gasteiger partial charge on any atom is -0.298 e. The molecular weight excluding hydrogens is 214 g/mol. The lowest BCUT2D eigenvalue weighted by Gasteiger charge is -2.03. The molecule has 15 heavy (non-hydrogen) atoms. The third-order valence-electron chi connectivity index (χ3n) is 1.91. The Bertz CT molecular complexity index is 487. The van der Waals surface area contributed by atoms with E-state index in [-0.39, 0.29) is 5.15 Å². The number of aldehydes is 1. The minimum atomic E-state index is 0.159. The Hall–Kier alpha value is -1.81. The van der Waals surface area contributed by atoms with E-state index in [1.807, 2.05) is 0 Å². The fourth-order valence-electron chi connectivity index (χ4n) is 1.22. The molecule has 5 heteroatoms. The van der Waals surface area contributed by atoms with E-state index in [0.717, 1.165) is 5.56 Å². The van der Waals surface area contributed by atoms with Gasteiger partial charge in [0.15, 0.2) is 6.29 Å². The van der Waals surface area contributed by atoms with Crippen molar-refractivity contribution in [2.24, 2.45) is 0 Å². The van der Waals surface area contributed by atoms with Gasteiger partial charge < -0.3 is 0 Å². The topological polar surface area (TPSA) is 55.7 Å². The monoisotopic (exact) mass is 219 g/mol. The van der Waals surface area contributed by atoms with E-state index < -0.39 is 0 Å². The summed E-state index contributed by atoms with van der Waals surface area (Å²) in [5.41, 5.74) is 1.61. The third-order valence-corrected chi connectivity index (χ3v) is 2.21. The molecule has 0 aliphatic rings. The average Bonchev–Trinajstić information content (AvgIpc) is 2.30. The summed E-state index contributed by atoms with van der Waals surface area (Å²) >= 11 is 5.78. The summed E-state index contributed by atoms with van der Waals surface area (Å²) in [6, 6.07) is 3.51. The molecule has 0 aliphatic carbocycles. The van der Waals surface area contributed by atoms with Gasteiger partial charge in [-0.1, -0.05) is 11.6 Å². The normalized spacial score (nSPS) is 9.93. The Morgan fingerprint density at radius 2 is 1.93 bits per heavy atom. The molecule has 0 aromatic carbocycles. The molecular formula is C10H6ClN3O. The van der Waals surface area contributed by atoms with Crippen LogP contribution in [0.15, 0.2) is 30.9 Å². The van der Waals surface area contributed by atoms with Crippen molar-refractivity contribution in [3.63, 3.8) is 0 Å². The molecule has 0 bridgehead atoms. The minimum absolute atomic E-state index is 0.159. The highest BCUT2D eigenvalue weighted by Crippen LogP contribution is 2.22. The van der Waals surface area contributed by atoms with Crippen LogP contribution in [0.4, 0.5) is 0 Å². The standard InChI is InChI=1S/C10H6ClN3O/c11-10-8(5-15)9(13-6-14-10)7-1-3-12-4-2-7/h1-6H. The molecule has 0 amide bonds. The number of carbonyl (C=O) groups excluding carboxylic acids is 1. The summed E-state index contributed by atoms with van der Waals surface area (Å²) in [6.07, 6.45) is 5.23. The summed E-state index contributed by atoms with van der Waals surface area (Å²) in [6.45, 7) is 0. The van der Waals surface area contributed by atoms with Crippen LogP contribution in [0.1, 0.15) is 10.4 Å². The largest absolute Gasteiger partial charge is 0.298 e. The second kappa shape index (κ2) is 4.14. The zero-order chi connectivity index (χ0) is 10.7. The van der Waals surface area contributed by atoms with Gasteiger partial charge >= 0.3 is 0 Å². The number of aromatic nitrogens is 3. The van der Waals surface area contributed by atoms with Crippen LogP contribution in [0.2, 0.25) is 5.15 Å². The van der Waals surface area contributed by atoms with E-state index in [2.05, 4.69) is 15.0 Å². The second-order valence-electron chi connectivity index (χ2n) is 2.78. The second-order valence-corrected chi connectivity index (χ2v) is 3.14. The maximum absolute atomic E-state index is 10.8. The predicted molar refractivity (Wildman–Crippen MR) is 55.7 cm³/mol. The summed E-state index contributed by atoms with van der Waals surface area (Å²) in [5.74, 6) is 0. The fourth-order valence-corrected chi connectivity index (χ4v) is 1.40. The predicted octanol–water partition coefficient (Wildman–Crippen LogP) is 2.00. The number of hydrogen-bond acceptors (Lipinski definition) is 4. The van der Waals surface area contributed by atoms with Crippen molar-refractivity contribution >= 4 is 17.9 Å². The highest BCUT2D eigenvalue weighted by atomic mass is 35.5. The molecule has 0 fully saturated rings. The van der Waals surface area contributed by atoms with Gasteiger partial charge in [0.1, 0.15) is 11.5 Å². The zero-order valence-electron chi connectivity index (χ0n) is 7.59. The molecule has 2 heterocycles. The average molecular weight is 220 g/mol. The van der Waals surface area contributed by atoms with Crippen LogP contribution in [0.3, 0.4) is 0 Å². The van der Waals surface area contributed by atoms with Crippen LogP contribution in [0.5, 0.6) is 0 Å². The van der Waals surface area contributed by atoms with Crippen LogP contribution < -0.4 is 0 Å². The van der Waals surface area contributed by atoms with E-state index in [1.54, 1.807) is 24.5 Å². The lowest BCUT2D eigenvalue weighted by molar-refractivity contribution is 0.112. The van der Waals surface area contributed by atoms with Gasteiger partial charge in [-0.2, -0.15) is 0 Å². The maximum Gasteiger partial charge on any atom is 0.155 e. The number of halogens is 1. The van der Waals surface area contributed by atoms with Gasteiger partial charge in [0.25, 0.3) is 0 Å². The first-order chi connectivity index (χ1) is 7.33. The third kappa shape index (κ3) is 1.85. The number of hydrogen-bond donors (Lipinski definition) is 0. The van der Waals surface area contributed by atoms with Crippen molar-refractivity contribution < 1.29 is 4.79 Å². The lowest BCUT2D eigenvalue weighted by atomic mass is 10.1. The quantitative estimate of drug-likeness (QED) is 0.573. The summed E-state index contributed by atoms with van der Waals surface area (Å²) in [4.78, 5) is 22.5. The van der Waals surface area contributed by atoms with Crippen molar-refractivity contribution in [1.82, 2.24) is 15.0 Å². The van der Waals surface area contributed by atoms with Gasteiger partial charge in [0, 0.05) is 18.0 Å². The smallest absolute Gasteiger partial charge is 0.155 e. The van der Waals surface area contributed by atoms with Crippen LogP contribution in [-0.2, 0) is 0 Å². The zero-order valence-corrected chi connectivity index (χ0v) is 8.35. The molecule has 74 valence electrons. The molecule has 0 unspecified atom stereocenters. The molecule has 0 saturated carbocycles. The number of rotatable bonds is 2. The number of carbonyl (C=O) groups is 1.